The van der Waals surface area contributed by atoms with E-state index in [1.165, 1.54) is 0 Å². The summed E-state index contributed by atoms with van der Waals surface area (Å²) in [7, 11) is 0. The first-order valence-corrected chi connectivity index (χ1v) is 4.38. The first-order chi connectivity index (χ1) is 8.97. The highest BCUT2D eigenvalue weighted by Crippen LogP contribution is 2.55. The second-order valence-electron chi connectivity index (χ2n) is 3.47. The summed E-state index contributed by atoms with van der Waals surface area (Å²) in [5.74, 6) is -6.51. The molecule has 0 N–H and O–H groups in total. The summed E-state index contributed by atoms with van der Waals surface area (Å²) in [5.41, 5.74) is -7.28. The molecule has 2 unspecified atom stereocenters. The molecule has 0 amide bonds. The third-order valence-electron chi connectivity index (χ3n) is 2.15. The molecule has 0 aliphatic rings. The summed E-state index contributed by atoms with van der Waals surface area (Å²) in [4.78, 5) is 0. The Labute approximate surface area is 106 Å². The Balaban J connectivity index is 6.18. The lowest BCUT2D eigenvalue weighted by atomic mass is 9.92. The van der Waals surface area contributed by atoms with Gasteiger partial charge in [-0.25, -0.2) is 13.2 Å². The summed E-state index contributed by atoms with van der Waals surface area (Å²) >= 11 is 0. The van der Waals surface area contributed by atoms with Crippen molar-refractivity contribution in [3.63, 3.8) is 0 Å². The molecule has 14 heteroatoms. The maximum atomic E-state index is 13.0. The Morgan fingerprint density at radius 3 is 1.19 bits per heavy atom. The number of rotatable bonds is 4. The zero-order chi connectivity index (χ0) is 17.5. The van der Waals surface area contributed by atoms with E-state index < -0.39 is 43.1 Å². The van der Waals surface area contributed by atoms with E-state index in [0.29, 0.717) is 0 Å². The van der Waals surface area contributed by atoms with E-state index in [0.717, 1.165) is 0 Å². The maximum Gasteiger partial charge on any atom is 0.451 e. The van der Waals surface area contributed by atoms with Gasteiger partial charge in [-0.15, -0.1) is 0 Å². The lowest BCUT2D eigenvalue weighted by molar-refractivity contribution is -0.422. The van der Waals surface area contributed by atoms with Crippen molar-refractivity contribution < 1.29 is 61.8 Å². The number of ether oxygens (including phenoxy) is 1. The average molecular weight is 350 g/mol. The second kappa shape index (κ2) is 5.35. The van der Waals surface area contributed by atoms with Crippen LogP contribution in [0.4, 0.5) is 57.1 Å². The number of hydrogen-bond donors (Lipinski definition) is 0. The fourth-order valence-electron chi connectivity index (χ4n) is 1.08. The van der Waals surface area contributed by atoms with Gasteiger partial charge in [0.15, 0.2) is 6.86 Å². The Bertz CT molecular complexity index is 339. The molecule has 0 fully saturated rings. The number of halogens is 13. The largest absolute Gasteiger partial charge is 0.451 e. The van der Waals surface area contributed by atoms with Crippen molar-refractivity contribution in [2.24, 2.45) is 0 Å². The van der Waals surface area contributed by atoms with E-state index in [1.807, 2.05) is 0 Å². The standard InChI is InChI=1S/C7H3F13O/c8-1-21-4(11,7(18,19)20)2(9)3(10,5(12,13)14)6(15,16)17/h2H,1H2. The molecule has 0 rings (SSSR count). The first-order valence-electron chi connectivity index (χ1n) is 4.38. The van der Waals surface area contributed by atoms with Gasteiger partial charge in [0.2, 0.25) is 6.17 Å². The predicted molar refractivity (Wildman–Crippen MR) is 37.8 cm³/mol. The van der Waals surface area contributed by atoms with Crippen molar-refractivity contribution in [3.8, 4) is 0 Å². The van der Waals surface area contributed by atoms with Gasteiger partial charge >= 0.3 is 30.1 Å². The molecule has 0 saturated carbocycles. The van der Waals surface area contributed by atoms with Crippen LogP contribution in [0.15, 0.2) is 0 Å². The molecular formula is C7H3F13O. The smallest absolute Gasteiger partial charge is 0.304 e. The Morgan fingerprint density at radius 2 is 1.00 bits per heavy atom. The summed E-state index contributed by atoms with van der Waals surface area (Å²) < 4.78 is 161. The number of alkyl halides is 13. The van der Waals surface area contributed by atoms with Crippen molar-refractivity contribution in [1.29, 1.82) is 0 Å². The molecule has 0 aromatic rings. The molecule has 0 saturated heterocycles. The average Bonchev–Trinajstić information content (AvgIpc) is 2.22. The van der Waals surface area contributed by atoms with E-state index in [4.69, 9.17) is 0 Å². The molecule has 128 valence electrons. The molecular weight excluding hydrogens is 347 g/mol. The molecule has 2 atom stereocenters. The summed E-state index contributed by atoms with van der Waals surface area (Å²) in [6, 6.07) is 0. The first kappa shape index (κ1) is 20.1. The van der Waals surface area contributed by atoms with Gasteiger partial charge in [0.25, 0.3) is 0 Å². The molecule has 0 aliphatic carbocycles. The molecule has 1 nitrogen and oxygen atoms in total. The van der Waals surface area contributed by atoms with Crippen LogP contribution in [0.2, 0.25) is 0 Å². The fraction of sp³-hybridized carbons (Fsp3) is 1.00. The summed E-state index contributed by atoms with van der Waals surface area (Å²) in [6.07, 6.45) is -27.6. The Kier molecular flexibility index (Phi) is 5.11. The minimum absolute atomic E-state index is 2.32. The number of hydrogen-bond acceptors (Lipinski definition) is 1. The van der Waals surface area contributed by atoms with Crippen LogP contribution >= 0.6 is 0 Å². The van der Waals surface area contributed by atoms with Crippen LogP contribution in [0.1, 0.15) is 0 Å². The SMILES string of the molecule is FCOC(F)(C(F)C(F)(C(F)(F)F)C(F)(F)F)C(F)(F)F. The highest BCUT2D eigenvalue weighted by Gasteiger charge is 2.84. The van der Waals surface area contributed by atoms with Crippen LogP contribution in [0.3, 0.4) is 0 Å². The van der Waals surface area contributed by atoms with E-state index >= 15 is 0 Å². The summed E-state index contributed by atoms with van der Waals surface area (Å²) in [6.45, 7) is -2.97. The van der Waals surface area contributed by atoms with Crippen molar-refractivity contribution in [2.45, 2.75) is 36.2 Å². The lowest BCUT2D eigenvalue weighted by Crippen LogP contribution is -2.68. The summed E-state index contributed by atoms with van der Waals surface area (Å²) in [5, 5.41) is 0. The third-order valence-corrected chi connectivity index (χ3v) is 2.15. The van der Waals surface area contributed by atoms with Crippen molar-refractivity contribution in [2.75, 3.05) is 6.86 Å². The molecule has 0 aromatic carbocycles. The Hall–Kier alpha value is -0.950. The van der Waals surface area contributed by atoms with Crippen molar-refractivity contribution in [3.05, 3.63) is 0 Å². The molecule has 0 spiro atoms. The van der Waals surface area contributed by atoms with Gasteiger partial charge < -0.3 is 4.74 Å². The molecule has 0 bridgehead atoms. The molecule has 0 radical (unpaired) electrons. The molecule has 0 aromatic heterocycles. The zero-order valence-electron chi connectivity index (χ0n) is 9.11. The van der Waals surface area contributed by atoms with E-state index in [2.05, 4.69) is 4.74 Å². The zero-order valence-corrected chi connectivity index (χ0v) is 9.11. The highest BCUT2D eigenvalue weighted by molar-refractivity contribution is 5.08. The van der Waals surface area contributed by atoms with E-state index in [1.54, 1.807) is 0 Å². The van der Waals surface area contributed by atoms with Crippen LogP contribution < -0.4 is 0 Å². The maximum absolute atomic E-state index is 13.0. The van der Waals surface area contributed by atoms with Gasteiger partial charge in [0.05, 0.1) is 0 Å². The van der Waals surface area contributed by atoms with E-state index in [-0.39, 0.29) is 0 Å². The molecule has 21 heavy (non-hydrogen) atoms. The second-order valence-corrected chi connectivity index (χ2v) is 3.47. The van der Waals surface area contributed by atoms with Gasteiger partial charge in [-0.05, 0) is 0 Å². The molecule has 0 heterocycles. The minimum Gasteiger partial charge on any atom is -0.304 e. The van der Waals surface area contributed by atoms with Crippen LogP contribution in [-0.4, -0.2) is 43.1 Å². The van der Waals surface area contributed by atoms with Crippen LogP contribution in [0, 0.1) is 0 Å². The quantitative estimate of drug-likeness (QED) is 0.686. The predicted octanol–water partition coefficient (Wildman–Crippen LogP) is 4.33. The van der Waals surface area contributed by atoms with Gasteiger partial charge in [0, 0.05) is 0 Å². The van der Waals surface area contributed by atoms with Crippen LogP contribution in [-0.2, 0) is 4.74 Å². The molecule has 0 aliphatic heterocycles. The third kappa shape index (κ3) is 3.13. The highest BCUT2D eigenvalue weighted by atomic mass is 19.4. The fourth-order valence-corrected chi connectivity index (χ4v) is 1.08. The lowest BCUT2D eigenvalue weighted by Gasteiger charge is -2.38. The van der Waals surface area contributed by atoms with Gasteiger partial charge in [-0.1, -0.05) is 0 Å². The normalized spacial score (nSPS) is 19.3. The Morgan fingerprint density at radius 1 is 0.667 bits per heavy atom. The van der Waals surface area contributed by atoms with Crippen molar-refractivity contribution in [1.82, 2.24) is 0 Å². The van der Waals surface area contributed by atoms with Crippen LogP contribution in [0.25, 0.3) is 0 Å². The van der Waals surface area contributed by atoms with Crippen LogP contribution in [0.5, 0.6) is 0 Å². The topological polar surface area (TPSA) is 9.23 Å². The van der Waals surface area contributed by atoms with Crippen molar-refractivity contribution >= 4 is 0 Å². The van der Waals surface area contributed by atoms with E-state index in [9.17, 15) is 57.1 Å². The monoisotopic (exact) mass is 350 g/mol. The van der Waals surface area contributed by atoms with Gasteiger partial charge in [-0.2, -0.15) is 43.9 Å². The minimum atomic E-state index is -7.33. The van der Waals surface area contributed by atoms with Gasteiger partial charge in [-0.3, -0.25) is 0 Å². The van der Waals surface area contributed by atoms with Gasteiger partial charge in [0.1, 0.15) is 0 Å².